The van der Waals surface area contributed by atoms with Crippen molar-refractivity contribution in [1.82, 2.24) is 0 Å². The van der Waals surface area contributed by atoms with Crippen LogP contribution in [0.3, 0.4) is 0 Å². The lowest BCUT2D eigenvalue weighted by atomic mass is 9.86. The summed E-state index contributed by atoms with van der Waals surface area (Å²) in [5, 5.41) is 0.940. The number of hydrogen-bond acceptors (Lipinski definition) is 1. The highest BCUT2D eigenvalue weighted by Gasteiger charge is 2.27. The molecule has 0 radical (unpaired) electrons. The van der Waals surface area contributed by atoms with Gasteiger partial charge in [-0.1, -0.05) is 27.7 Å². The smallest absolute Gasteiger partial charge is 0.00779 e. The molecule has 0 unspecified atom stereocenters. The molecule has 66 valence electrons. The molecule has 0 bridgehead atoms. The Bertz CT molecular complexity index is 123. The zero-order chi connectivity index (χ0) is 8.48. The lowest BCUT2D eigenvalue weighted by Crippen LogP contribution is -2.17. The number of rotatable bonds is 1. The van der Waals surface area contributed by atoms with Crippen molar-refractivity contribution in [3.8, 4) is 0 Å². The van der Waals surface area contributed by atoms with Crippen LogP contribution in [0.5, 0.6) is 0 Å². The Morgan fingerprint density at radius 3 is 2.36 bits per heavy atom. The Hall–Kier alpha value is 0.350. The number of thioether (sulfide) groups is 1. The van der Waals surface area contributed by atoms with E-state index in [1.54, 1.807) is 0 Å². The van der Waals surface area contributed by atoms with E-state index in [2.05, 4.69) is 39.5 Å². The molecule has 0 aromatic heterocycles. The van der Waals surface area contributed by atoms with Crippen molar-refractivity contribution in [1.29, 1.82) is 0 Å². The summed E-state index contributed by atoms with van der Waals surface area (Å²) in [4.78, 5) is 0. The van der Waals surface area contributed by atoms with Crippen molar-refractivity contribution in [2.75, 3.05) is 5.75 Å². The van der Waals surface area contributed by atoms with Crippen molar-refractivity contribution in [2.24, 2.45) is 11.3 Å². The molecule has 11 heavy (non-hydrogen) atoms. The van der Waals surface area contributed by atoms with E-state index in [4.69, 9.17) is 0 Å². The SMILES string of the molecule is C[C@@H]1CCS[C@H]1CC(C)(C)C. The van der Waals surface area contributed by atoms with Crippen LogP contribution in [-0.2, 0) is 0 Å². The molecule has 2 atom stereocenters. The van der Waals surface area contributed by atoms with Gasteiger partial charge >= 0.3 is 0 Å². The zero-order valence-corrected chi connectivity index (χ0v) is 9.00. The Labute approximate surface area is 75.1 Å². The molecule has 0 spiro atoms. The first kappa shape index (κ1) is 9.44. The van der Waals surface area contributed by atoms with Gasteiger partial charge in [0, 0.05) is 5.25 Å². The molecule has 0 aromatic rings. The van der Waals surface area contributed by atoms with E-state index in [0.717, 1.165) is 11.2 Å². The Balaban J connectivity index is 2.37. The first-order chi connectivity index (χ1) is 4.99. The third kappa shape index (κ3) is 3.06. The summed E-state index contributed by atoms with van der Waals surface area (Å²) in [6.07, 6.45) is 2.82. The minimum atomic E-state index is 0.524. The van der Waals surface area contributed by atoms with E-state index < -0.39 is 0 Å². The van der Waals surface area contributed by atoms with Crippen molar-refractivity contribution >= 4 is 11.8 Å². The van der Waals surface area contributed by atoms with Gasteiger partial charge in [-0.25, -0.2) is 0 Å². The fourth-order valence-electron chi connectivity index (χ4n) is 1.62. The molecule has 0 nitrogen and oxygen atoms in total. The zero-order valence-electron chi connectivity index (χ0n) is 8.18. The van der Waals surface area contributed by atoms with E-state index in [1.165, 1.54) is 18.6 Å². The Morgan fingerprint density at radius 2 is 2.00 bits per heavy atom. The van der Waals surface area contributed by atoms with Crippen molar-refractivity contribution < 1.29 is 0 Å². The molecule has 1 saturated heterocycles. The highest BCUT2D eigenvalue weighted by molar-refractivity contribution is 8.00. The van der Waals surface area contributed by atoms with Crippen LogP contribution in [0.1, 0.15) is 40.5 Å². The molecule has 1 aliphatic heterocycles. The van der Waals surface area contributed by atoms with Crippen LogP contribution in [-0.4, -0.2) is 11.0 Å². The average molecular weight is 172 g/mol. The van der Waals surface area contributed by atoms with E-state index in [0.29, 0.717) is 5.41 Å². The van der Waals surface area contributed by atoms with Crippen LogP contribution in [0.4, 0.5) is 0 Å². The van der Waals surface area contributed by atoms with Gasteiger partial charge in [0.25, 0.3) is 0 Å². The monoisotopic (exact) mass is 172 g/mol. The van der Waals surface area contributed by atoms with Crippen molar-refractivity contribution in [3.63, 3.8) is 0 Å². The summed E-state index contributed by atoms with van der Waals surface area (Å²) in [7, 11) is 0. The van der Waals surface area contributed by atoms with Crippen molar-refractivity contribution in [3.05, 3.63) is 0 Å². The second-order valence-electron chi connectivity index (χ2n) is 4.94. The van der Waals surface area contributed by atoms with Crippen LogP contribution >= 0.6 is 11.8 Å². The molecule has 0 aromatic carbocycles. The molecule has 1 heterocycles. The third-order valence-corrected chi connectivity index (χ3v) is 3.88. The fourth-order valence-corrected chi connectivity index (χ4v) is 3.51. The van der Waals surface area contributed by atoms with Gasteiger partial charge in [0.15, 0.2) is 0 Å². The normalized spacial score (nSPS) is 32.7. The average Bonchev–Trinajstić information content (AvgIpc) is 2.12. The quantitative estimate of drug-likeness (QED) is 0.583. The van der Waals surface area contributed by atoms with E-state index in [-0.39, 0.29) is 0 Å². The standard InChI is InChI=1S/C10H20S/c1-8-5-6-11-9(8)7-10(2,3)4/h8-9H,5-7H2,1-4H3/t8-,9+/m1/s1. The van der Waals surface area contributed by atoms with Gasteiger partial charge in [0.1, 0.15) is 0 Å². The predicted octanol–water partition coefficient (Wildman–Crippen LogP) is 3.56. The van der Waals surface area contributed by atoms with Crippen LogP contribution in [0.15, 0.2) is 0 Å². The molecule has 1 fully saturated rings. The minimum absolute atomic E-state index is 0.524. The van der Waals surface area contributed by atoms with Gasteiger partial charge in [-0.15, -0.1) is 0 Å². The minimum Gasteiger partial charge on any atom is -0.158 e. The molecular formula is C10H20S. The summed E-state index contributed by atoms with van der Waals surface area (Å²) in [5.41, 5.74) is 0.524. The van der Waals surface area contributed by atoms with Crippen molar-refractivity contribution in [2.45, 2.75) is 45.8 Å². The van der Waals surface area contributed by atoms with E-state index >= 15 is 0 Å². The van der Waals surface area contributed by atoms with Gasteiger partial charge in [-0.3, -0.25) is 0 Å². The first-order valence-corrected chi connectivity index (χ1v) is 5.65. The van der Waals surface area contributed by atoms with Gasteiger partial charge < -0.3 is 0 Å². The van der Waals surface area contributed by atoms with Crippen LogP contribution < -0.4 is 0 Å². The maximum Gasteiger partial charge on any atom is 0.00779 e. The largest absolute Gasteiger partial charge is 0.158 e. The Kier molecular flexibility index (Phi) is 2.90. The lowest BCUT2D eigenvalue weighted by Gasteiger charge is -2.24. The topological polar surface area (TPSA) is 0 Å². The highest BCUT2D eigenvalue weighted by Crippen LogP contribution is 2.39. The fraction of sp³-hybridized carbons (Fsp3) is 1.00. The molecule has 0 aliphatic carbocycles. The first-order valence-electron chi connectivity index (χ1n) is 4.61. The summed E-state index contributed by atoms with van der Waals surface area (Å²) in [6, 6.07) is 0. The maximum atomic E-state index is 2.40. The second kappa shape index (κ2) is 3.38. The highest BCUT2D eigenvalue weighted by atomic mass is 32.2. The Morgan fingerprint density at radius 1 is 1.36 bits per heavy atom. The van der Waals surface area contributed by atoms with Gasteiger partial charge in [0.05, 0.1) is 0 Å². The molecule has 1 heteroatoms. The number of hydrogen-bond donors (Lipinski definition) is 0. The summed E-state index contributed by atoms with van der Waals surface area (Å²) in [6.45, 7) is 9.44. The predicted molar refractivity (Wildman–Crippen MR) is 54.1 cm³/mol. The molecule has 0 N–H and O–H groups in total. The van der Waals surface area contributed by atoms with Gasteiger partial charge in [-0.05, 0) is 29.9 Å². The maximum absolute atomic E-state index is 2.40. The van der Waals surface area contributed by atoms with Gasteiger partial charge in [0.2, 0.25) is 0 Å². The van der Waals surface area contributed by atoms with Gasteiger partial charge in [-0.2, -0.15) is 11.8 Å². The third-order valence-electron chi connectivity index (χ3n) is 2.35. The molecule has 1 rings (SSSR count). The molecule has 1 aliphatic rings. The second-order valence-corrected chi connectivity index (χ2v) is 6.29. The summed E-state index contributed by atoms with van der Waals surface area (Å²) >= 11 is 2.18. The molecule has 0 saturated carbocycles. The summed E-state index contributed by atoms with van der Waals surface area (Å²) < 4.78 is 0. The van der Waals surface area contributed by atoms with Crippen LogP contribution in [0.25, 0.3) is 0 Å². The van der Waals surface area contributed by atoms with E-state index in [1.807, 2.05) is 0 Å². The molecular weight excluding hydrogens is 152 g/mol. The van der Waals surface area contributed by atoms with Crippen LogP contribution in [0.2, 0.25) is 0 Å². The summed E-state index contributed by atoms with van der Waals surface area (Å²) in [5.74, 6) is 2.35. The van der Waals surface area contributed by atoms with Crippen LogP contribution in [0, 0.1) is 11.3 Å². The molecule has 0 amide bonds. The lowest BCUT2D eigenvalue weighted by molar-refractivity contribution is 0.343. The van der Waals surface area contributed by atoms with E-state index in [9.17, 15) is 0 Å².